The Bertz CT molecular complexity index is 4300. The van der Waals surface area contributed by atoms with Gasteiger partial charge in [-0.2, -0.15) is 0 Å². The zero-order valence-electron chi connectivity index (χ0n) is 31.6. The molecule has 0 unspecified atom stereocenters. The van der Waals surface area contributed by atoms with E-state index >= 15 is 0 Å². The largest absolute Gasteiger partial charge is 0.309 e. The van der Waals surface area contributed by atoms with Crippen LogP contribution in [0.25, 0.3) is 136 Å². The number of hydrogen-bond acceptors (Lipinski definition) is 1. The Hall–Kier alpha value is -7.95. The molecule has 15 aromatic rings. The fraction of sp³-hybridized carbons (Fsp3) is 0. The van der Waals surface area contributed by atoms with Crippen molar-refractivity contribution in [1.82, 2.24) is 18.4 Å². The van der Waals surface area contributed by atoms with Gasteiger partial charge < -0.3 is 8.97 Å². The summed E-state index contributed by atoms with van der Waals surface area (Å²) >= 11 is 0. The number of fused-ring (bicyclic) bond motifs is 20. The first-order chi connectivity index (χ1) is 29.3. The lowest BCUT2D eigenvalue weighted by Gasteiger charge is -2.09. The topological polar surface area (TPSA) is 26.6 Å². The van der Waals surface area contributed by atoms with Gasteiger partial charge in [0.2, 0.25) is 0 Å². The molecule has 0 bridgehead atoms. The van der Waals surface area contributed by atoms with Crippen molar-refractivity contribution < 1.29 is 0 Å². The van der Waals surface area contributed by atoms with Crippen LogP contribution in [0.5, 0.6) is 0 Å². The smallest absolute Gasteiger partial charge is 0.146 e. The first-order valence-electron chi connectivity index (χ1n) is 20.4. The van der Waals surface area contributed by atoms with Crippen LogP contribution < -0.4 is 0 Å². The predicted molar refractivity (Wildman–Crippen MR) is 248 cm³/mol. The molecule has 0 spiro atoms. The van der Waals surface area contributed by atoms with Crippen LogP contribution in [-0.4, -0.2) is 18.4 Å². The van der Waals surface area contributed by atoms with Crippen molar-refractivity contribution >= 4 is 120 Å². The fourth-order valence-corrected chi connectivity index (χ4v) is 11.2. The van der Waals surface area contributed by atoms with Gasteiger partial charge in [-0.25, -0.2) is 4.98 Å². The normalized spacial score (nSPS) is 12.7. The molecule has 0 N–H and O–H groups in total. The maximum absolute atomic E-state index is 5.53. The van der Waals surface area contributed by atoms with Gasteiger partial charge >= 0.3 is 0 Å². The van der Waals surface area contributed by atoms with Crippen LogP contribution in [-0.2, 0) is 0 Å². The van der Waals surface area contributed by atoms with Crippen LogP contribution in [0.15, 0.2) is 182 Å². The van der Waals surface area contributed by atoms with E-state index in [0.717, 1.165) is 16.9 Å². The third-order valence-corrected chi connectivity index (χ3v) is 13.5. The lowest BCUT2D eigenvalue weighted by atomic mass is 9.96. The minimum atomic E-state index is 1.00. The zero-order chi connectivity index (χ0) is 38.1. The van der Waals surface area contributed by atoms with Gasteiger partial charge in [-0.05, 0) is 75.6 Å². The van der Waals surface area contributed by atoms with E-state index in [1.165, 1.54) is 120 Å². The molecule has 0 saturated heterocycles. The second-order valence-corrected chi connectivity index (χ2v) is 16.3. The summed E-state index contributed by atoms with van der Waals surface area (Å²) in [6.07, 6.45) is 2.14. The average Bonchev–Trinajstić information content (AvgIpc) is 4.08. The second kappa shape index (κ2) is 10.5. The highest BCUT2D eigenvalue weighted by Gasteiger charge is 2.28. The Labute approximate surface area is 335 Å². The fourth-order valence-electron chi connectivity index (χ4n) is 11.2. The number of benzene rings is 9. The zero-order valence-corrected chi connectivity index (χ0v) is 31.6. The van der Waals surface area contributed by atoms with Crippen molar-refractivity contribution in [3.05, 3.63) is 182 Å². The lowest BCUT2D eigenvalue weighted by Crippen LogP contribution is -1.93. The molecule has 270 valence electrons. The summed E-state index contributed by atoms with van der Waals surface area (Å²) in [7, 11) is 0. The van der Waals surface area contributed by atoms with Crippen molar-refractivity contribution in [1.29, 1.82) is 0 Å². The first kappa shape index (κ1) is 30.2. The van der Waals surface area contributed by atoms with E-state index in [-0.39, 0.29) is 0 Å². The van der Waals surface area contributed by atoms with Crippen molar-refractivity contribution in [2.75, 3.05) is 0 Å². The van der Waals surface area contributed by atoms with E-state index < -0.39 is 0 Å². The van der Waals surface area contributed by atoms with Gasteiger partial charge in [0.05, 0.1) is 44.8 Å². The summed E-state index contributed by atoms with van der Waals surface area (Å²) in [6.45, 7) is 0. The molecule has 9 aromatic carbocycles. The Morgan fingerprint density at radius 2 is 0.983 bits per heavy atom. The van der Waals surface area contributed by atoms with Gasteiger partial charge in [-0.1, -0.05) is 127 Å². The van der Waals surface area contributed by atoms with E-state index in [1.807, 2.05) is 0 Å². The molecule has 4 nitrogen and oxygen atoms in total. The number of rotatable bonds is 2. The Kier molecular flexibility index (Phi) is 5.38. The Balaban J connectivity index is 1.13. The van der Waals surface area contributed by atoms with E-state index in [0.29, 0.717) is 0 Å². The molecule has 0 saturated carbocycles. The molecule has 15 rings (SSSR count). The van der Waals surface area contributed by atoms with Gasteiger partial charge in [0.15, 0.2) is 0 Å². The average molecular weight is 747 g/mol. The van der Waals surface area contributed by atoms with Gasteiger partial charge in [0.25, 0.3) is 0 Å². The SMILES string of the molecule is c1ccc(-n2c3ccccc3c3cc(-c4cccc5c6cc7ccccc7c7c8c9c%10cc%11ccccc%11c%11c%12ccccc%12n(c9cnc8n(c45)c67)c%10%11)ccc32)cc1. The Morgan fingerprint density at radius 1 is 0.339 bits per heavy atom. The Morgan fingerprint density at radius 3 is 1.81 bits per heavy atom. The summed E-state index contributed by atoms with van der Waals surface area (Å²) in [5, 5.41) is 17.7. The summed E-state index contributed by atoms with van der Waals surface area (Å²) in [6, 6.07) is 64.9. The number of aromatic nitrogens is 4. The number of pyridine rings is 1. The van der Waals surface area contributed by atoms with Crippen LogP contribution in [0.3, 0.4) is 0 Å². The van der Waals surface area contributed by atoms with E-state index in [4.69, 9.17) is 4.98 Å². The van der Waals surface area contributed by atoms with E-state index in [9.17, 15) is 0 Å². The number of para-hydroxylation sites is 4. The standard InChI is InChI=1S/C55H30N4/c1-2-15-34(16-3-1)57-44-23-10-8-19-38(44)41-27-33(25-26-46(41)57)37-21-12-22-39-42-28-31-13-5-7-18-36(31)50-51-49-43-29-32-14-4-6-17-35(32)48-40-20-9-11-24-45(40)58(54(43)48)47(49)30-56-55(51)59(52(37)39)53(42)50/h1-30H. The number of hydrogen-bond donors (Lipinski definition) is 0. The van der Waals surface area contributed by atoms with Gasteiger partial charge in [0, 0.05) is 65.1 Å². The molecule has 0 aliphatic rings. The predicted octanol–water partition coefficient (Wildman–Crippen LogP) is 14.5. The molecule has 4 heteroatoms. The highest BCUT2D eigenvalue weighted by molar-refractivity contribution is 6.41. The summed E-state index contributed by atoms with van der Waals surface area (Å²) < 4.78 is 7.37. The molecular weight excluding hydrogens is 717 g/mol. The third-order valence-electron chi connectivity index (χ3n) is 13.5. The van der Waals surface area contributed by atoms with Gasteiger partial charge in [-0.15, -0.1) is 0 Å². The first-order valence-corrected chi connectivity index (χ1v) is 20.4. The quantitative estimate of drug-likeness (QED) is 0.173. The molecule has 0 aliphatic heterocycles. The molecule has 0 fully saturated rings. The molecule has 0 amide bonds. The maximum atomic E-state index is 5.53. The highest BCUT2D eigenvalue weighted by atomic mass is 15.0. The van der Waals surface area contributed by atoms with Crippen LogP contribution in [0.1, 0.15) is 0 Å². The van der Waals surface area contributed by atoms with Crippen molar-refractivity contribution in [2.45, 2.75) is 0 Å². The minimum absolute atomic E-state index is 1.00. The van der Waals surface area contributed by atoms with Crippen LogP contribution in [0.2, 0.25) is 0 Å². The van der Waals surface area contributed by atoms with Crippen molar-refractivity contribution in [3.8, 4) is 16.8 Å². The molecule has 6 aromatic heterocycles. The van der Waals surface area contributed by atoms with E-state index in [2.05, 4.69) is 195 Å². The molecule has 0 radical (unpaired) electrons. The number of nitrogens with zero attached hydrogens (tertiary/aromatic N) is 4. The maximum Gasteiger partial charge on any atom is 0.146 e. The molecule has 0 atom stereocenters. The monoisotopic (exact) mass is 746 g/mol. The van der Waals surface area contributed by atoms with Gasteiger partial charge in [-0.3, -0.25) is 4.40 Å². The summed E-state index contributed by atoms with van der Waals surface area (Å²) in [5.41, 5.74) is 13.0. The second-order valence-electron chi connectivity index (χ2n) is 16.3. The van der Waals surface area contributed by atoms with Gasteiger partial charge in [0.1, 0.15) is 5.65 Å². The van der Waals surface area contributed by atoms with Crippen LogP contribution in [0, 0.1) is 0 Å². The third kappa shape index (κ3) is 3.56. The van der Waals surface area contributed by atoms with Crippen LogP contribution in [0.4, 0.5) is 0 Å². The van der Waals surface area contributed by atoms with Crippen LogP contribution >= 0.6 is 0 Å². The molecule has 59 heavy (non-hydrogen) atoms. The molecule has 6 heterocycles. The minimum Gasteiger partial charge on any atom is -0.309 e. The van der Waals surface area contributed by atoms with Crippen molar-refractivity contribution in [2.24, 2.45) is 0 Å². The highest BCUT2D eigenvalue weighted by Crippen LogP contribution is 2.50. The lowest BCUT2D eigenvalue weighted by molar-refractivity contribution is 1.18. The molecule has 0 aliphatic carbocycles. The van der Waals surface area contributed by atoms with E-state index in [1.54, 1.807) is 0 Å². The summed E-state index contributed by atoms with van der Waals surface area (Å²) in [4.78, 5) is 5.53. The summed E-state index contributed by atoms with van der Waals surface area (Å²) in [5.74, 6) is 0. The molecular formula is C55H30N4. The van der Waals surface area contributed by atoms with Crippen molar-refractivity contribution in [3.63, 3.8) is 0 Å².